The number of rotatable bonds is 2. The normalized spacial score (nSPS) is 30.9. The zero-order valence-electron chi connectivity index (χ0n) is 10.3. The summed E-state index contributed by atoms with van der Waals surface area (Å²) in [4.78, 5) is 25.9. The lowest BCUT2D eigenvalue weighted by Gasteiger charge is -2.17. The van der Waals surface area contributed by atoms with E-state index < -0.39 is 0 Å². The molecule has 0 radical (unpaired) electrons. The molecular formula is C14H16N2O2. The summed E-state index contributed by atoms with van der Waals surface area (Å²) in [6, 6.07) is 9.76. The van der Waals surface area contributed by atoms with Gasteiger partial charge in [-0.05, 0) is 12.5 Å². The Bertz CT molecular complexity index is 486. The van der Waals surface area contributed by atoms with Gasteiger partial charge in [0.25, 0.3) is 0 Å². The van der Waals surface area contributed by atoms with Crippen LogP contribution in [0.3, 0.4) is 0 Å². The molecule has 1 N–H and O–H groups in total. The fraction of sp³-hybridized carbons (Fsp3) is 0.429. The van der Waals surface area contributed by atoms with Crippen molar-refractivity contribution in [3.63, 3.8) is 0 Å². The van der Waals surface area contributed by atoms with Gasteiger partial charge in [0.05, 0.1) is 18.4 Å². The quantitative estimate of drug-likeness (QED) is 0.782. The van der Waals surface area contributed by atoms with E-state index in [1.54, 1.807) is 0 Å². The van der Waals surface area contributed by atoms with Gasteiger partial charge in [-0.1, -0.05) is 30.3 Å². The molecule has 3 atom stereocenters. The molecule has 2 aliphatic rings. The van der Waals surface area contributed by atoms with E-state index in [0.717, 1.165) is 5.56 Å². The predicted octanol–water partition coefficient (Wildman–Crippen LogP) is 0.779. The molecule has 2 aliphatic heterocycles. The average Bonchev–Trinajstić information content (AvgIpc) is 2.87. The first-order valence-electron chi connectivity index (χ1n) is 6.31. The van der Waals surface area contributed by atoms with Gasteiger partial charge in [0.1, 0.15) is 0 Å². The van der Waals surface area contributed by atoms with Crippen molar-refractivity contribution in [2.75, 3.05) is 6.54 Å². The van der Waals surface area contributed by atoms with Crippen molar-refractivity contribution in [1.82, 2.24) is 10.2 Å². The molecule has 94 valence electrons. The van der Waals surface area contributed by atoms with Crippen LogP contribution >= 0.6 is 0 Å². The Labute approximate surface area is 106 Å². The number of hydrogen-bond donors (Lipinski definition) is 1. The number of benzene rings is 1. The van der Waals surface area contributed by atoms with Gasteiger partial charge < -0.3 is 5.32 Å². The number of carbonyl (C=O) groups is 2. The summed E-state index contributed by atoms with van der Waals surface area (Å²) in [6.45, 7) is 3.00. The van der Waals surface area contributed by atoms with E-state index >= 15 is 0 Å². The maximum absolute atomic E-state index is 12.3. The third kappa shape index (κ3) is 1.64. The number of imide groups is 1. The Morgan fingerprint density at radius 2 is 1.94 bits per heavy atom. The van der Waals surface area contributed by atoms with Crippen molar-refractivity contribution in [1.29, 1.82) is 0 Å². The van der Waals surface area contributed by atoms with Gasteiger partial charge in [-0.15, -0.1) is 0 Å². The molecule has 0 aromatic heterocycles. The molecule has 4 nitrogen and oxygen atoms in total. The molecule has 3 unspecified atom stereocenters. The Morgan fingerprint density at radius 3 is 2.61 bits per heavy atom. The molecule has 3 rings (SSSR count). The van der Waals surface area contributed by atoms with Crippen LogP contribution in [-0.2, 0) is 16.1 Å². The van der Waals surface area contributed by atoms with Gasteiger partial charge in [0.15, 0.2) is 0 Å². The van der Waals surface area contributed by atoms with Crippen molar-refractivity contribution in [2.24, 2.45) is 11.8 Å². The Morgan fingerprint density at radius 1 is 1.22 bits per heavy atom. The molecule has 2 fully saturated rings. The zero-order valence-corrected chi connectivity index (χ0v) is 10.3. The molecular weight excluding hydrogens is 228 g/mol. The largest absolute Gasteiger partial charge is 0.313 e. The van der Waals surface area contributed by atoms with Crippen LogP contribution in [0.4, 0.5) is 0 Å². The van der Waals surface area contributed by atoms with E-state index in [9.17, 15) is 9.59 Å². The molecule has 0 saturated carbocycles. The Balaban J connectivity index is 1.82. The van der Waals surface area contributed by atoms with E-state index in [0.29, 0.717) is 13.1 Å². The van der Waals surface area contributed by atoms with Crippen LogP contribution in [0.1, 0.15) is 12.5 Å². The molecule has 2 heterocycles. The SMILES string of the molecule is CC1NCC2C(=O)N(Cc3ccccc3)C(=O)C12. The van der Waals surface area contributed by atoms with Crippen molar-refractivity contribution >= 4 is 11.8 Å². The molecule has 2 amide bonds. The van der Waals surface area contributed by atoms with E-state index in [1.807, 2.05) is 37.3 Å². The second-order valence-corrected chi connectivity index (χ2v) is 5.08. The monoisotopic (exact) mass is 244 g/mol. The van der Waals surface area contributed by atoms with Crippen molar-refractivity contribution in [3.05, 3.63) is 35.9 Å². The fourth-order valence-corrected chi connectivity index (χ4v) is 2.95. The average molecular weight is 244 g/mol. The number of hydrogen-bond acceptors (Lipinski definition) is 3. The number of fused-ring (bicyclic) bond motifs is 1. The first-order chi connectivity index (χ1) is 8.68. The zero-order chi connectivity index (χ0) is 12.7. The highest BCUT2D eigenvalue weighted by molar-refractivity contribution is 6.06. The first kappa shape index (κ1) is 11.4. The van der Waals surface area contributed by atoms with E-state index in [-0.39, 0.29) is 29.7 Å². The lowest BCUT2D eigenvalue weighted by molar-refractivity contribution is -0.141. The minimum atomic E-state index is -0.166. The van der Waals surface area contributed by atoms with Gasteiger partial charge in [-0.2, -0.15) is 0 Å². The minimum Gasteiger partial charge on any atom is -0.313 e. The van der Waals surface area contributed by atoms with Gasteiger partial charge in [0.2, 0.25) is 11.8 Å². The van der Waals surface area contributed by atoms with Crippen LogP contribution in [-0.4, -0.2) is 29.3 Å². The lowest BCUT2D eigenvalue weighted by atomic mass is 9.94. The number of carbonyl (C=O) groups excluding carboxylic acids is 2. The topological polar surface area (TPSA) is 49.4 Å². The van der Waals surface area contributed by atoms with Gasteiger partial charge >= 0.3 is 0 Å². The highest BCUT2D eigenvalue weighted by Crippen LogP contribution is 2.33. The summed E-state index contributed by atoms with van der Waals surface area (Å²) < 4.78 is 0. The standard InChI is InChI=1S/C14H16N2O2/c1-9-12-11(7-15-9)13(17)16(14(12)18)8-10-5-3-2-4-6-10/h2-6,9,11-12,15H,7-8H2,1H3. The van der Waals surface area contributed by atoms with Crippen LogP contribution in [0.2, 0.25) is 0 Å². The van der Waals surface area contributed by atoms with Crippen LogP contribution in [0.25, 0.3) is 0 Å². The second-order valence-electron chi connectivity index (χ2n) is 5.08. The molecule has 18 heavy (non-hydrogen) atoms. The lowest BCUT2D eigenvalue weighted by Crippen LogP contribution is -2.36. The summed E-state index contributed by atoms with van der Waals surface area (Å²) in [5.41, 5.74) is 1.000. The summed E-state index contributed by atoms with van der Waals surface area (Å²) in [5, 5.41) is 3.20. The smallest absolute Gasteiger partial charge is 0.235 e. The van der Waals surface area contributed by atoms with Crippen molar-refractivity contribution in [2.45, 2.75) is 19.5 Å². The van der Waals surface area contributed by atoms with Crippen LogP contribution in [0.15, 0.2) is 30.3 Å². The predicted molar refractivity (Wildman–Crippen MR) is 66.4 cm³/mol. The van der Waals surface area contributed by atoms with Gasteiger partial charge in [-0.3, -0.25) is 14.5 Å². The van der Waals surface area contributed by atoms with Gasteiger partial charge in [-0.25, -0.2) is 0 Å². The van der Waals surface area contributed by atoms with E-state index in [1.165, 1.54) is 4.90 Å². The molecule has 2 saturated heterocycles. The minimum absolute atomic E-state index is 0.0219. The number of likely N-dealkylation sites (tertiary alicyclic amines) is 1. The number of nitrogens with zero attached hydrogens (tertiary/aromatic N) is 1. The number of nitrogens with one attached hydrogen (secondary N) is 1. The second kappa shape index (κ2) is 4.21. The molecule has 0 bridgehead atoms. The van der Waals surface area contributed by atoms with Crippen LogP contribution in [0.5, 0.6) is 0 Å². The van der Waals surface area contributed by atoms with Crippen LogP contribution in [0, 0.1) is 11.8 Å². The summed E-state index contributed by atoms with van der Waals surface area (Å²) in [6.07, 6.45) is 0. The van der Waals surface area contributed by atoms with Crippen LogP contribution < -0.4 is 5.32 Å². The Hall–Kier alpha value is -1.68. The third-order valence-electron chi connectivity index (χ3n) is 3.95. The van der Waals surface area contributed by atoms with E-state index in [2.05, 4.69) is 5.32 Å². The summed E-state index contributed by atoms with van der Waals surface area (Å²) in [5.74, 6) is -0.366. The molecule has 1 aromatic carbocycles. The maximum Gasteiger partial charge on any atom is 0.235 e. The Kier molecular flexibility index (Phi) is 2.67. The highest BCUT2D eigenvalue weighted by atomic mass is 16.2. The molecule has 1 aromatic rings. The molecule has 0 spiro atoms. The summed E-state index contributed by atoms with van der Waals surface area (Å²) >= 11 is 0. The third-order valence-corrected chi connectivity index (χ3v) is 3.95. The number of amides is 2. The van der Waals surface area contributed by atoms with Gasteiger partial charge in [0, 0.05) is 12.6 Å². The molecule has 4 heteroatoms. The summed E-state index contributed by atoms with van der Waals surface area (Å²) in [7, 11) is 0. The van der Waals surface area contributed by atoms with Crippen molar-refractivity contribution in [3.8, 4) is 0 Å². The maximum atomic E-state index is 12.3. The fourth-order valence-electron chi connectivity index (χ4n) is 2.95. The molecule has 0 aliphatic carbocycles. The van der Waals surface area contributed by atoms with Crippen molar-refractivity contribution < 1.29 is 9.59 Å². The first-order valence-corrected chi connectivity index (χ1v) is 6.31. The van der Waals surface area contributed by atoms with E-state index in [4.69, 9.17) is 0 Å². The highest BCUT2D eigenvalue weighted by Gasteiger charge is 2.52.